The number of hydrogen-bond donors (Lipinski definition) is 2. The highest BCUT2D eigenvalue weighted by Gasteiger charge is 2.29. The molecule has 0 saturated carbocycles. The minimum absolute atomic E-state index is 0.0776. The lowest BCUT2D eigenvalue weighted by molar-refractivity contribution is -0.115. The normalized spacial score (nSPS) is 13.1. The number of fused-ring (bicyclic) bond motifs is 1. The Morgan fingerprint density at radius 1 is 1.07 bits per heavy atom. The van der Waals surface area contributed by atoms with Crippen molar-refractivity contribution in [2.24, 2.45) is 0 Å². The number of rotatable bonds is 6. The predicted octanol–water partition coefficient (Wildman–Crippen LogP) is 1.38. The topological polar surface area (TPSA) is 119 Å². The van der Waals surface area contributed by atoms with Gasteiger partial charge in [0.15, 0.2) is 9.84 Å². The van der Waals surface area contributed by atoms with Crippen LogP contribution in [0.5, 0.6) is 5.75 Å². The van der Waals surface area contributed by atoms with Crippen molar-refractivity contribution in [3.05, 3.63) is 53.6 Å². The minimum Gasteiger partial charge on any atom is -0.497 e. The van der Waals surface area contributed by atoms with Crippen molar-refractivity contribution < 1.29 is 27.5 Å². The van der Waals surface area contributed by atoms with Gasteiger partial charge in [-0.1, -0.05) is 6.07 Å². The Hall–Kier alpha value is -3.20. The smallest absolute Gasteiger partial charge is 0.261 e. The molecule has 8 nitrogen and oxygen atoms in total. The lowest BCUT2D eigenvalue weighted by atomic mass is 10.1. The lowest BCUT2D eigenvalue weighted by Gasteiger charge is -2.09. The van der Waals surface area contributed by atoms with Gasteiger partial charge in [-0.3, -0.25) is 19.7 Å². The van der Waals surface area contributed by atoms with Crippen LogP contribution in [-0.4, -0.2) is 39.0 Å². The molecule has 0 aromatic heterocycles. The monoisotopic (exact) mass is 388 g/mol. The summed E-state index contributed by atoms with van der Waals surface area (Å²) in [5.74, 6) is -1.58. The average Bonchev–Trinajstić information content (AvgIpc) is 2.95. The summed E-state index contributed by atoms with van der Waals surface area (Å²) in [4.78, 5) is 35.7. The van der Waals surface area contributed by atoms with E-state index in [1.54, 1.807) is 0 Å². The maximum absolute atomic E-state index is 12.3. The third kappa shape index (κ3) is 3.82. The summed E-state index contributed by atoms with van der Waals surface area (Å²) in [6.07, 6.45) is -0.298. The van der Waals surface area contributed by atoms with E-state index < -0.39 is 33.3 Å². The van der Waals surface area contributed by atoms with Crippen LogP contribution in [0.1, 0.15) is 27.1 Å². The van der Waals surface area contributed by atoms with E-state index in [9.17, 15) is 22.8 Å². The molecule has 1 aliphatic rings. The second-order valence-electron chi connectivity index (χ2n) is 5.80. The number of imide groups is 1. The van der Waals surface area contributed by atoms with Crippen LogP contribution in [0.25, 0.3) is 0 Å². The maximum atomic E-state index is 12.3. The fourth-order valence-electron chi connectivity index (χ4n) is 2.66. The molecular weight excluding hydrogens is 372 g/mol. The fraction of sp³-hybridized carbons (Fsp3) is 0.167. The molecule has 27 heavy (non-hydrogen) atoms. The Morgan fingerprint density at radius 3 is 2.44 bits per heavy atom. The first kappa shape index (κ1) is 18.6. The van der Waals surface area contributed by atoms with Gasteiger partial charge < -0.3 is 10.1 Å². The molecule has 3 amide bonds. The fourth-order valence-corrected chi connectivity index (χ4v) is 3.90. The van der Waals surface area contributed by atoms with Crippen LogP contribution in [0.15, 0.2) is 47.4 Å². The summed E-state index contributed by atoms with van der Waals surface area (Å²) in [5.41, 5.74) is 0.417. The van der Waals surface area contributed by atoms with E-state index in [2.05, 4.69) is 10.6 Å². The van der Waals surface area contributed by atoms with Crippen molar-refractivity contribution in [3.8, 4) is 5.75 Å². The molecule has 0 radical (unpaired) electrons. The van der Waals surface area contributed by atoms with Gasteiger partial charge >= 0.3 is 0 Å². The van der Waals surface area contributed by atoms with Gasteiger partial charge in [0.05, 0.1) is 34.6 Å². The molecule has 0 bridgehead atoms. The molecule has 0 unspecified atom stereocenters. The molecule has 2 aromatic rings. The number of amides is 3. The number of anilines is 1. The molecule has 2 aromatic carbocycles. The van der Waals surface area contributed by atoms with Gasteiger partial charge in [-0.15, -0.1) is 0 Å². The van der Waals surface area contributed by atoms with Crippen LogP contribution >= 0.6 is 0 Å². The van der Waals surface area contributed by atoms with Crippen LogP contribution in [0.2, 0.25) is 0 Å². The number of methoxy groups -OCH3 is 1. The van der Waals surface area contributed by atoms with E-state index in [0.717, 1.165) is 0 Å². The van der Waals surface area contributed by atoms with Gasteiger partial charge in [0.25, 0.3) is 11.8 Å². The van der Waals surface area contributed by atoms with Gasteiger partial charge in [-0.05, 0) is 36.4 Å². The molecule has 0 fully saturated rings. The van der Waals surface area contributed by atoms with Crippen molar-refractivity contribution in [1.29, 1.82) is 0 Å². The zero-order chi connectivity index (χ0) is 19.6. The van der Waals surface area contributed by atoms with Crippen molar-refractivity contribution in [1.82, 2.24) is 5.32 Å². The molecular formula is C18H16N2O6S. The molecule has 2 N–H and O–H groups in total. The van der Waals surface area contributed by atoms with Crippen molar-refractivity contribution in [2.45, 2.75) is 11.3 Å². The van der Waals surface area contributed by atoms with E-state index >= 15 is 0 Å². The minimum atomic E-state index is -3.65. The second-order valence-corrected chi connectivity index (χ2v) is 7.91. The van der Waals surface area contributed by atoms with Crippen molar-refractivity contribution in [3.63, 3.8) is 0 Å². The van der Waals surface area contributed by atoms with Crippen molar-refractivity contribution >= 4 is 33.2 Å². The first-order valence-electron chi connectivity index (χ1n) is 7.97. The van der Waals surface area contributed by atoms with Gasteiger partial charge in [0.2, 0.25) is 5.91 Å². The predicted molar refractivity (Wildman–Crippen MR) is 96.5 cm³/mol. The van der Waals surface area contributed by atoms with E-state index in [4.69, 9.17) is 4.74 Å². The molecule has 1 aliphatic heterocycles. The molecule has 0 saturated heterocycles. The number of ether oxygens (including phenoxy) is 1. The highest BCUT2D eigenvalue weighted by Crippen LogP contribution is 2.24. The summed E-state index contributed by atoms with van der Waals surface area (Å²) in [6, 6.07) is 10.3. The van der Waals surface area contributed by atoms with Crippen LogP contribution in [0.4, 0.5) is 5.69 Å². The number of carbonyl (C=O) groups is 3. The molecule has 1 heterocycles. The molecule has 0 spiro atoms. The summed E-state index contributed by atoms with van der Waals surface area (Å²) < 4.78 is 29.7. The Balaban J connectivity index is 1.68. The second kappa shape index (κ2) is 7.20. The van der Waals surface area contributed by atoms with Crippen LogP contribution in [0.3, 0.4) is 0 Å². The average molecular weight is 388 g/mol. The third-order valence-electron chi connectivity index (χ3n) is 4.05. The number of hydrogen-bond acceptors (Lipinski definition) is 6. The van der Waals surface area contributed by atoms with E-state index in [1.807, 2.05) is 0 Å². The number of benzene rings is 2. The van der Waals surface area contributed by atoms with Gasteiger partial charge in [0.1, 0.15) is 5.75 Å². The maximum Gasteiger partial charge on any atom is 0.261 e. The van der Waals surface area contributed by atoms with E-state index in [1.165, 1.54) is 49.6 Å². The molecule has 0 aliphatic carbocycles. The first-order chi connectivity index (χ1) is 12.8. The quantitative estimate of drug-likeness (QED) is 0.722. The SMILES string of the molecule is COc1ccc(S(=O)(=O)CCC(=O)Nc2cccc3c2C(=O)NC3=O)cc1. The Kier molecular flexibility index (Phi) is 4.95. The van der Waals surface area contributed by atoms with E-state index in [-0.39, 0.29) is 28.1 Å². The first-order valence-corrected chi connectivity index (χ1v) is 9.62. The van der Waals surface area contributed by atoms with E-state index in [0.29, 0.717) is 5.75 Å². The Labute approximate surface area is 155 Å². The molecule has 0 atom stereocenters. The third-order valence-corrected chi connectivity index (χ3v) is 5.79. The highest BCUT2D eigenvalue weighted by atomic mass is 32.2. The molecule has 140 valence electrons. The van der Waals surface area contributed by atoms with Gasteiger partial charge in [-0.2, -0.15) is 0 Å². The summed E-state index contributed by atoms with van der Waals surface area (Å²) in [6.45, 7) is 0. The largest absolute Gasteiger partial charge is 0.497 e. The van der Waals surface area contributed by atoms with Crippen molar-refractivity contribution in [2.75, 3.05) is 18.2 Å². The summed E-state index contributed by atoms with van der Waals surface area (Å²) in [5, 5.41) is 4.65. The lowest BCUT2D eigenvalue weighted by Crippen LogP contribution is -2.21. The van der Waals surface area contributed by atoms with Gasteiger partial charge in [0, 0.05) is 6.42 Å². The standard InChI is InChI=1S/C18H16N2O6S/c1-26-11-5-7-12(8-6-11)27(24,25)10-9-15(21)19-14-4-2-3-13-16(14)18(23)20-17(13)22/h2-8H,9-10H2,1H3,(H,19,21)(H,20,22,23). The molecule has 9 heteroatoms. The Bertz CT molecular complexity index is 1030. The number of nitrogens with one attached hydrogen (secondary N) is 2. The van der Waals surface area contributed by atoms with Crippen LogP contribution in [-0.2, 0) is 14.6 Å². The summed E-state index contributed by atoms with van der Waals surface area (Å²) in [7, 11) is -2.18. The molecule has 3 rings (SSSR count). The Morgan fingerprint density at radius 2 is 1.78 bits per heavy atom. The zero-order valence-corrected chi connectivity index (χ0v) is 15.1. The number of carbonyl (C=O) groups excluding carboxylic acids is 3. The van der Waals surface area contributed by atoms with Crippen LogP contribution < -0.4 is 15.4 Å². The van der Waals surface area contributed by atoms with Gasteiger partial charge in [-0.25, -0.2) is 8.42 Å². The summed E-state index contributed by atoms with van der Waals surface area (Å²) >= 11 is 0. The highest BCUT2D eigenvalue weighted by molar-refractivity contribution is 7.91. The number of sulfone groups is 1. The van der Waals surface area contributed by atoms with Crippen LogP contribution in [0, 0.1) is 0 Å². The zero-order valence-electron chi connectivity index (χ0n) is 14.3.